The van der Waals surface area contributed by atoms with Crippen LogP contribution in [0.15, 0.2) is 53.6 Å². The number of ether oxygens (including phenoxy) is 1. The van der Waals surface area contributed by atoms with Crippen molar-refractivity contribution < 1.29 is 9.84 Å². The second-order valence-electron chi connectivity index (χ2n) is 7.68. The summed E-state index contributed by atoms with van der Waals surface area (Å²) in [5.74, 6) is 1.28. The van der Waals surface area contributed by atoms with Crippen molar-refractivity contribution in [2.45, 2.75) is 38.0 Å². The topological polar surface area (TPSA) is 48.3 Å². The summed E-state index contributed by atoms with van der Waals surface area (Å²) in [6.45, 7) is 5.34. The lowest BCUT2D eigenvalue weighted by molar-refractivity contribution is -0.149. The van der Waals surface area contributed by atoms with E-state index in [4.69, 9.17) is 9.84 Å². The molecule has 1 saturated heterocycles. The summed E-state index contributed by atoms with van der Waals surface area (Å²) in [5, 5.41) is 17.2. The van der Waals surface area contributed by atoms with Crippen LogP contribution in [-0.2, 0) is 0 Å². The number of phenolic OH excluding ortho intramolecular Hbond substituents is 1. The summed E-state index contributed by atoms with van der Waals surface area (Å²) < 4.78 is 6.62. The molecular formula is C22H25N3O2. The fourth-order valence-corrected chi connectivity index (χ4v) is 4.64. The van der Waals surface area contributed by atoms with Crippen LogP contribution < -0.4 is 4.74 Å². The van der Waals surface area contributed by atoms with Crippen molar-refractivity contribution in [2.75, 3.05) is 19.6 Å². The van der Waals surface area contributed by atoms with Gasteiger partial charge in [0, 0.05) is 43.5 Å². The van der Waals surface area contributed by atoms with Gasteiger partial charge in [-0.05, 0) is 24.7 Å². The summed E-state index contributed by atoms with van der Waals surface area (Å²) in [6, 6.07) is 16.0. The SMILES string of the molecule is CCN1CCC2(CC1)Oc1ccccc1[C@H]1CC(c3cccc(O)c3)=NN12. The van der Waals surface area contributed by atoms with Crippen molar-refractivity contribution in [3.63, 3.8) is 0 Å². The minimum absolute atomic E-state index is 0.195. The van der Waals surface area contributed by atoms with Gasteiger partial charge < -0.3 is 14.7 Å². The maximum absolute atomic E-state index is 9.89. The molecule has 5 heteroatoms. The molecule has 0 bridgehead atoms. The number of aromatic hydroxyl groups is 1. The molecule has 1 spiro atoms. The summed E-state index contributed by atoms with van der Waals surface area (Å²) in [4.78, 5) is 2.47. The van der Waals surface area contributed by atoms with Crippen LogP contribution in [0.1, 0.15) is 43.4 Å². The maximum Gasteiger partial charge on any atom is 0.200 e. The molecule has 1 atom stereocenters. The van der Waals surface area contributed by atoms with Gasteiger partial charge >= 0.3 is 0 Å². The molecule has 5 nitrogen and oxygen atoms in total. The molecular weight excluding hydrogens is 338 g/mol. The van der Waals surface area contributed by atoms with E-state index in [2.05, 4.69) is 41.1 Å². The first kappa shape index (κ1) is 16.6. The number of fused-ring (bicyclic) bond motifs is 4. The van der Waals surface area contributed by atoms with Crippen molar-refractivity contribution in [3.05, 3.63) is 59.7 Å². The van der Waals surface area contributed by atoms with Crippen LogP contribution in [0.4, 0.5) is 0 Å². The first-order chi connectivity index (χ1) is 13.2. The van der Waals surface area contributed by atoms with E-state index in [1.807, 2.05) is 12.1 Å². The molecule has 0 amide bonds. The number of benzene rings is 2. The van der Waals surface area contributed by atoms with E-state index in [0.717, 1.165) is 55.9 Å². The monoisotopic (exact) mass is 363 g/mol. The highest BCUT2D eigenvalue weighted by Gasteiger charge is 2.51. The van der Waals surface area contributed by atoms with E-state index >= 15 is 0 Å². The van der Waals surface area contributed by atoms with Gasteiger partial charge in [0.1, 0.15) is 11.5 Å². The molecule has 2 aromatic carbocycles. The molecule has 1 fully saturated rings. The first-order valence-corrected chi connectivity index (χ1v) is 9.85. The van der Waals surface area contributed by atoms with Crippen LogP contribution >= 0.6 is 0 Å². The Morgan fingerprint density at radius 1 is 1.15 bits per heavy atom. The number of phenols is 1. The van der Waals surface area contributed by atoms with Crippen molar-refractivity contribution >= 4 is 5.71 Å². The Labute approximate surface area is 159 Å². The average molecular weight is 363 g/mol. The molecule has 3 aliphatic heterocycles. The van der Waals surface area contributed by atoms with E-state index < -0.39 is 0 Å². The van der Waals surface area contributed by atoms with Gasteiger partial charge in [-0.15, -0.1) is 0 Å². The normalized spacial score (nSPS) is 23.5. The Hall–Kier alpha value is -2.53. The zero-order valence-corrected chi connectivity index (χ0v) is 15.6. The van der Waals surface area contributed by atoms with Gasteiger partial charge in [-0.3, -0.25) is 0 Å². The molecule has 0 saturated carbocycles. The third-order valence-corrected chi connectivity index (χ3v) is 6.17. The Morgan fingerprint density at radius 2 is 1.96 bits per heavy atom. The molecule has 0 aromatic heterocycles. The number of hydrogen-bond donors (Lipinski definition) is 1. The first-order valence-electron chi connectivity index (χ1n) is 9.85. The molecule has 140 valence electrons. The average Bonchev–Trinajstić information content (AvgIpc) is 3.16. The summed E-state index contributed by atoms with van der Waals surface area (Å²) >= 11 is 0. The Balaban J connectivity index is 1.55. The summed E-state index contributed by atoms with van der Waals surface area (Å²) in [7, 11) is 0. The molecule has 2 aromatic rings. The lowest BCUT2D eigenvalue weighted by Gasteiger charge is -2.51. The van der Waals surface area contributed by atoms with Crippen LogP contribution in [-0.4, -0.2) is 46.1 Å². The Kier molecular flexibility index (Phi) is 3.86. The van der Waals surface area contributed by atoms with Crippen LogP contribution in [0, 0.1) is 0 Å². The highest BCUT2D eigenvalue weighted by Crippen LogP contribution is 2.49. The van der Waals surface area contributed by atoms with Crippen LogP contribution in [0.2, 0.25) is 0 Å². The molecule has 27 heavy (non-hydrogen) atoms. The van der Waals surface area contributed by atoms with Gasteiger partial charge in [0.05, 0.1) is 11.8 Å². The van der Waals surface area contributed by atoms with Gasteiger partial charge in [0.25, 0.3) is 0 Å². The quantitative estimate of drug-likeness (QED) is 0.883. The molecule has 5 rings (SSSR count). The van der Waals surface area contributed by atoms with E-state index in [-0.39, 0.29) is 17.5 Å². The van der Waals surface area contributed by atoms with Gasteiger partial charge in [0.15, 0.2) is 0 Å². The van der Waals surface area contributed by atoms with Gasteiger partial charge in [0.2, 0.25) is 5.72 Å². The van der Waals surface area contributed by atoms with Crippen LogP contribution in [0.5, 0.6) is 11.5 Å². The maximum atomic E-state index is 9.89. The van der Waals surface area contributed by atoms with E-state index in [1.165, 1.54) is 5.56 Å². The molecule has 0 aliphatic carbocycles. The highest BCUT2D eigenvalue weighted by molar-refractivity contribution is 6.02. The second-order valence-corrected chi connectivity index (χ2v) is 7.68. The minimum atomic E-state index is -0.372. The number of likely N-dealkylation sites (tertiary alicyclic amines) is 1. The van der Waals surface area contributed by atoms with Crippen LogP contribution in [0.3, 0.4) is 0 Å². The lowest BCUT2D eigenvalue weighted by Crippen LogP contribution is -2.59. The van der Waals surface area contributed by atoms with Crippen molar-refractivity contribution in [1.29, 1.82) is 0 Å². The van der Waals surface area contributed by atoms with Crippen LogP contribution in [0.25, 0.3) is 0 Å². The predicted molar refractivity (Wildman–Crippen MR) is 105 cm³/mol. The largest absolute Gasteiger partial charge is 0.508 e. The number of rotatable bonds is 2. The smallest absolute Gasteiger partial charge is 0.200 e. The standard InChI is InChI=1S/C22H25N3O2/c1-2-24-12-10-22(11-13-24)25-20(18-8-3-4-9-21(18)27-22)15-19(23-25)16-6-5-7-17(26)14-16/h3-9,14,20,26H,2,10-13,15H2,1H3/t20-/m1/s1. The fraction of sp³-hybridized carbons (Fsp3) is 0.409. The number of hydrogen-bond acceptors (Lipinski definition) is 5. The lowest BCUT2D eigenvalue weighted by atomic mass is 9.90. The Bertz CT molecular complexity index is 887. The van der Waals surface area contributed by atoms with E-state index in [9.17, 15) is 5.11 Å². The zero-order valence-electron chi connectivity index (χ0n) is 15.6. The molecule has 0 radical (unpaired) electrons. The van der Waals surface area contributed by atoms with Gasteiger partial charge in [-0.2, -0.15) is 5.10 Å². The fourth-order valence-electron chi connectivity index (χ4n) is 4.64. The van der Waals surface area contributed by atoms with Crippen molar-refractivity contribution in [3.8, 4) is 11.5 Å². The molecule has 3 aliphatic rings. The van der Waals surface area contributed by atoms with Crippen molar-refractivity contribution in [2.24, 2.45) is 5.10 Å². The van der Waals surface area contributed by atoms with E-state index in [1.54, 1.807) is 12.1 Å². The number of nitrogens with zero attached hydrogens (tertiary/aromatic N) is 3. The zero-order chi connectivity index (χ0) is 18.4. The highest BCUT2D eigenvalue weighted by atomic mass is 16.5. The number of para-hydroxylation sites is 1. The predicted octanol–water partition coefficient (Wildman–Crippen LogP) is 3.75. The Morgan fingerprint density at radius 3 is 2.74 bits per heavy atom. The van der Waals surface area contributed by atoms with Crippen molar-refractivity contribution in [1.82, 2.24) is 9.91 Å². The summed E-state index contributed by atoms with van der Waals surface area (Å²) in [6.07, 6.45) is 2.73. The third kappa shape index (κ3) is 2.69. The second kappa shape index (κ2) is 6.27. The van der Waals surface area contributed by atoms with Gasteiger partial charge in [-0.25, -0.2) is 5.01 Å². The number of hydrazone groups is 1. The summed E-state index contributed by atoms with van der Waals surface area (Å²) in [5.41, 5.74) is 2.85. The van der Waals surface area contributed by atoms with E-state index in [0.29, 0.717) is 0 Å². The third-order valence-electron chi connectivity index (χ3n) is 6.17. The minimum Gasteiger partial charge on any atom is -0.508 e. The number of piperidine rings is 1. The molecule has 3 heterocycles. The van der Waals surface area contributed by atoms with Gasteiger partial charge in [-0.1, -0.05) is 37.3 Å². The molecule has 1 N–H and O–H groups in total. The molecule has 0 unspecified atom stereocenters.